The lowest BCUT2D eigenvalue weighted by atomic mass is 9.98. The van der Waals surface area contributed by atoms with E-state index in [0.29, 0.717) is 11.8 Å². The molecule has 1 saturated carbocycles. The van der Waals surface area contributed by atoms with Gasteiger partial charge in [0.1, 0.15) is 0 Å². The first-order valence-electron chi connectivity index (χ1n) is 7.44. The monoisotopic (exact) mass is 287 g/mol. The van der Waals surface area contributed by atoms with Gasteiger partial charge in [-0.05, 0) is 48.1 Å². The third-order valence-electron chi connectivity index (χ3n) is 4.22. The lowest BCUT2D eigenvalue weighted by Crippen LogP contribution is -2.23. The molecule has 3 heteroatoms. The van der Waals surface area contributed by atoms with E-state index in [1.54, 1.807) is 6.07 Å². The topological polar surface area (TPSA) is 12.0 Å². The maximum Gasteiger partial charge on any atom is 0.159 e. The van der Waals surface area contributed by atoms with Gasteiger partial charge < -0.3 is 5.32 Å². The maximum absolute atomic E-state index is 13.5. The van der Waals surface area contributed by atoms with Gasteiger partial charge in [0.2, 0.25) is 0 Å². The molecule has 3 rings (SSSR count). The Labute approximate surface area is 124 Å². The zero-order valence-corrected chi connectivity index (χ0v) is 12.0. The van der Waals surface area contributed by atoms with Crippen molar-refractivity contribution in [2.45, 2.75) is 25.3 Å². The SMILES string of the molecule is CCNC(c1ccc(F)c(F)c1)C1CC1c1ccccc1. The summed E-state index contributed by atoms with van der Waals surface area (Å²) < 4.78 is 26.6. The summed E-state index contributed by atoms with van der Waals surface area (Å²) >= 11 is 0. The zero-order chi connectivity index (χ0) is 14.8. The summed E-state index contributed by atoms with van der Waals surface area (Å²) in [5.41, 5.74) is 2.16. The van der Waals surface area contributed by atoms with Crippen LogP contribution in [0.25, 0.3) is 0 Å². The van der Waals surface area contributed by atoms with E-state index in [1.807, 2.05) is 25.1 Å². The molecule has 3 atom stereocenters. The van der Waals surface area contributed by atoms with E-state index in [4.69, 9.17) is 0 Å². The molecule has 110 valence electrons. The van der Waals surface area contributed by atoms with Crippen LogP contribution in [0.3, 0.4) is 0 Å². The van der Waals surface area contributed by atoms with Gasteiger partial charge in [-0.1, -0.05) is 43.3 Å². The van der Waals surface area contributed by atoms with Gasteiger partial charge in [-0.2, -0.15) is 0 Å². The number of nitrogens with one attached hydrogen (secondary N) is 1. The summed E-state index contributed by atoms with van der Waals surface area (Å²) in [5, 5.41) is 3.42. The van der Waals surface area contributed by atoms with Gasteiger partial charge in [0.05, 0.1) is 0 Å². The Bertz CT molecular complexity index is 612. The molecule has 3 unspecified atom stereocenters. The lowest BCUT2D eigenvalue weighted by Gasteiger charge is -2.19. The molecule has 2 aromatic rings. The third-order valence-corrected chi connectivity index (χ3v) is 4.22. The highest BCUT2D eigenvalue weighted by Gasteiger charge is 2.44. The molecule has 1 N–H and O–H groups in total. The highest BCUT2D eigenvalue weighted by molar-refractivity contribution is 5.31. The van der Waals surface area contributed by atoms with Crippen molar-refractivity contribution in [1.29, 1.82) is 0 Å². The average molecular weight is 287 g/mol. The van der Waals surface area contributed by atoms with Gasteiger partial charge in [-0.3, -0.25) is 0 Å². The normalized spacial score (nSPS) is 22.0. The quantitative estimate of drug-likeness (QED) is 0.858. The summed E-state index contributed by atoms with van der Waals surface area (Å²) in [7, 11) is 0. The van der Waals surface area contributed by atoms with E-state index in [9.17, 15) is 8.78 Å². The minimum absolute atomic E-state index is 0.0790. The smallest absolute Gasteiger partial charge is 0.159 e. The molecule has 2 aromatic carbocycles. The zero-order valence-electron chi connectivity index (χ0n) is 12.0. The van der Waals surface area contributed by atoms with Gasteiger partial charge >= 0.3 is 0 Å². The number of halogens is 2. The molecule has 0 radical (unpaired) electrons. The third kappa shape index (κ3) is 2.98. The van der Waals surface area contributed by atoms with Crippen LogP contribution in [-0.4, -0.2) is 6.54 Å². The Balaban J connectivity index is 1.81. The summed E-state index contributed by atoms with van der Waals surface area (Å²) in [6.45, 7) is 2.84. The van der Waals surface area contributed by atoms with Crippen LogP contribution >= 0.6 is 0 Å². The number of benzene rings is 2. The Kier molecular flexibility index (Phi) is 4.02. The average Bonchev–Trinajstić information content (AvgIpc) is 3.29. The van der Waals surface area contributed by atoms with E-state index >= 15 is 0 Å². The van der Waals surface area contributed by atoms with E-state index in [2.05, 4.69) is 17.4 Å². The van der Waals surface area contributed by atoms with Gasteiger partial charge in [0.15, 0.2) is 11.6 Å². The van der Waals surface area contributed by atoms with Crippen LogP contribution in [-0.2, 0) is 0 Å². The van der Waals surface area contributed by atoms with Crippen LogP contribution in [0.1, 0.15) is 36.4 Å². The molecule has 0 aliphatic heterocycles. The van der Waals surface area contributed by atoms with E-state index < -0.39 is 11.6 Å². The van der Waals surface area contributed by atoms with Crippen molar-refractivity contribution in [3.05, 3.63) is 71.3 Å². The minimum atomic E-state index is -0.788. The van der Waals surface area contributed by atoms with E-state index in [-0.39, 0.29) is 6.04 Å². The molecule has 1 aliphatic rings. The Hall–Kier alpha value is -1.74. The first-order valence-corrected chi connectivity index (χ1v) is 7.44. The highest BCUT2D eigenvalue weighted by Crippen LogP contribution is 2.54. The van der Waals surface area contributed by atoms with Crippen molar-refractivity contribution in [2.75, 3.05) is 6.54 Å². The Morgan fingerprint density at radius 1 is 1.10 bits per heavy atom. The predicted molar refractivity (Wildman–Crippen MR) is 80.1 cm³/mol. The van der Waals surface area contributed by atoms with Crippen LogP contribution in [0.15, 0.2) is 48.5 Å². The van der Waals surface area contributed by atoms with Crippen molar-refractivity contribution < 1.29 is 8.78 Å². The molecule has 0 aromatic heterocycles. The van der Waals surface area contributed by atoms with Crippen molar-refractivity contribution in [3.63, 3.8) is 0 Å². The Morgan fingerprint density at radius 3 is 2.52 bits per heavy atom. The van der Waals surface area contributed by atoms with Crippen molar-refractivity contribution in [1.82, 2.24) is 5.32 Å². The lowest BCUT2D eigenvalue weighted by molar-refractivity contribution is 0.472. The summed E-state index contributed by atoms with van der Waals surface area (Å²) in [5.74, 6) is -0.614. The number of rotatable bonds is 5. The fourth-order valence-electron chi connectivity index (χ4n) is 3.11. The van der Waals surface area contributed by atoms with Gasteiger partial charge in [0.25, 0.3) is 0 Å². The summed E-state index contributed by atoms with van der Waals surface area (Å²) in [4.78, 5) is 0. The van der Waals surface area contributed by atoms with Crippen LogP contribution in [0, 0.1) is 17.6 Å². The molecule has 0 bridgehead atoms. The van der Waals surface area contributed by atoms with Crippen molar-refractivity contribution in [3.8, 4) is 0 Å². The second-order valence-corrected chi connectivity index (χ2v) is 5.63. The van der Waals surface area contributed by atoms with Crippen LogP contribution in [0.4, 0.5) is 8.78 Å². The molecule has 0 heterocycles. The van der Waals surface area contributed by atoms with Gasteiger partial charge in [-0.25, -0.2) is 8.78 Å². The minimum Gasteiger partial charge on any atom is -0.310 e. The van der Waals surface area contributed by atoms with Crippen LogP contribution in [0.5, 0.6) is 0 Å². The standard InChI is InChI=1S/C18H19F2N/c1-2-21-18(13-8-9-16(19)17(20)10-13)15-11-14(15)12-6-4-3-5-7-12/h3-10,14-15,18,21H,2,11H2,1H3. The molecule has 1 aliphatic carbocycles. The molecule has 0 amide bonds. The van der Waals surface area contributed by atoms with E-state index in [1.165, 1.54) is 17.7 Å². The summed E-state index contributed by atoms with van der Waals surface area (Å²) in [6.07, 6.45) is 1.08. The van der Waals surface area contributed by atoms with Crippen molar-refractivity contribution >= 4 is 0 Å². The number of hydrogen-bond acceptors (Lipinski definition) is 1. The first kappa shape index (κ1) is 14.2. The predicted octanol–water partition coefficient (Wildman–Crippen LogP) is 4.42. The maximum atomic E-state index is 13.5. The molecule has 0 spiro atoms. The van der Waals surface area contributed by atoms with Gasteiger partial charge in [0, 0.05) is 6.04 Å². The second-order valence-electron chi connectivity index (χ2n) is 5.63. The molecular weight excluding hydrogens is 268 g/mol. The largest absolute Gasteiger partial charge is 0.310 e. The van der Waals surface area contributed by atoms with E-state index in [0.717, 1.165) is 18.5 Å². The van der Waals surface area contributed by atoms with Crippen LogP contribution < -0.4 is 5.32 Å². The number of hydrogen-bond donors (Lipinski definition) is 1. The first-order chi connectivity index (χ1) is 10.2. The van der Waals surface area contributed by atoms with Crippen molar-refractivity contribution in [2.24, 2.45) is 5.92 Å². The van der Waals surface area contributed by atoms with Gasteiger partial charge in [-0.15, -0.1) is 0 Å². The molecule has 0 saturated heterocycles. The fourth-order valence-corrected chi connectivity index (χ4v) is 3.11. The summed E-state index contributed by atoms with van der Waals surface area (Å²) in [6, 6.07) is 14.7. The highest BCUT2D eigenvalue weighted by atomic mass is 19.2. The molecule has 1 nitrogen and oxygen atoms in total. The molecule has 21 heavy (non-hydrogen) atoms. The second kappa shape index (κ2) is 5.94. The fraction of sp³-hybridized carbons (Fsp3) is 0.333. The molecule has 1 fully saturated rings. The Morgan fingerprint density at radius 2 is 1.86 bits per heavy atom. The molecular formula is C18H19F2N. The van der Waals surface area contributed by atoms with Crippen LogP contribution in [0.2, 0.25) is 0 Å².